The molecule has 2 atom stereocenters. The van der Waals surface area contributed by atoms with Crippen LogP contribution in [-0.4, -0.2) is 41.5 Å². The molecule has 1 aliphatic heterocycles. The normalized spacial score (nSPS) is 20.5. The molecule has 6 heteroatoms. The SMILES string of the molecule is C[C@H]1C[C@H](C)CN(C(=O)COC(=O)c2cc(=O)c3ccccc3[nH]2)C1. The lowest BCUT2D eigenvalue weighted by molar-refractivity contribution is -0.137. The monoisotopic (exact) mass is 342 g/mol. The van der Waals surface area contributed by atoms with Crippen molar-refractivity contribution in [3.63, 3.8) is 0 Å². The molecule has 0 saturated carbocycles. The molecule has 1 aromatic carbocycles. The van der Waals surface area contributed by atoms with Gasteiger partial charge in [-0.15, -0.1) is 0 Å². The molecular formula is C19H22N2O4. The number of nitrogens with zero attached hydrogens (tertiary/aromatic N) is 1. The van der Waals surface area contributed by atoms with Crippen molar-refractivity contribution in [2.45, 2.75) is 20.3 Å². The maximum Gasteiger partial charge on any atom is 0.355 e. The summed E-state index contributed by atoms with van der Waals surface area (Å²) in [7, 11) is 0. The summed E-state index contributed by atoms with van der Waals surface area (Å²) >= 11 is 0. The number of aromatic amines is 1. The van der Waals surface area contributed by atoms with Crippen LogP contribution in [-0.2, 0) is 9.53 Å². The molecule has 1 aliphatic rings. The number of rotatable bonds is 3. The molecule has 2 heterocycles. The second kappa shape index (κ2) is 7.09. The van der Waals surface area contributed by atoms with Crippen molar-refractivity contribution in [2.24, 2.45) is 11.8 Å². The first-order valence-electron chi connectivity index (χ1n) is 8.51. The van der Waals surface area contributed by atoms with E-state index in [0.717, 1.165) is 6.42 Å². The van der Waals surface area contributed by atoms with E-state index < -0.39 is 5.97 Å². The highest BCUT2D eigenvalue weighted by molar-refractivity contribution is 5.92. The van der Waals surface area contributed by atoms with E-state index in [2.05, 4.69) is 18.8 Å². The molecule has 0 unspecified atom stereocenters. The lowest BCUT2D eigenvalue weighted by atomic mass is 9.92. The summed E-state index contributed by atoms with van der Waals surface area (Å²) in [5.74, 6) is -0.00955. The van der Waals surface area contributed by atoms with Gasteiger partial charge in [-0.25, -0.2) is 4.79 Å². The second-order valence-electron chi connectivity index (χ2n) is 6.91. The Balaban J connectivity index is 1.66. The number of amides is 1. The van der Waals surface area contributed by atoms with E-state index >= 15 is 0 Å². The topological polar surface area (TPSA) is 79.5 Å². The van der Waals surface area contributed by atoms with E-state index in [0.29, 0.717) is 35.8 Å². The first-order valence-corrected chi connectivity index (χ1v) is 8.51. The van der Waals surface area contributed by atoms with Crippen LogP contribution in [0.25, 0.3) is 10.9 Å². The van der Waals surface area contributed by atoms with Gasteiger partial charge in [0.15, 0.2) is 12.0 Å². The molecule has 2 aromatic rings. The number of pyridine rings is 1. The average Bonchev–Trinajstić information content (AvgIpc) is 2.58. The van der Waals surface area contributed by atoms with Gasteiger partial charge in [-0.05, 0) is 30.4 Å². The lowest BCUT2D eigenvalue weighted by Gasteiger charge is -2.34. The van der Waals surface area contributed by atoms with E-state index in [1.807, 2.05) is 0 Å². The first kappa shape index (κ1) is 17.2. The highest BCUT2D eigenvalue weighted by atomic mass is 16.5. The summed E-state index contributed by atoms with van der Waals surface area (Å²) in [6.07, 6.45) is 1.10. The maximum absolute atomic E-state index is 12.3. The largest absolute Gasteiger partial charge is 0.451 e. The Morgan fingerprint density at radius 3 is 2.60 bits per heavy atom. The number of benzene rings is 1. The number of hydrogen-bond acceptors (Lipinski definition) is 4. The summed E-state index contributed by atoms with van der Waals surface area (Å²) in [6.45, 7) is 5.29. The quantitative estimate of drug-likeness (QED) is 0.867. The van der Waals surface area contributed by atoms with E-state index in [9.17, 15) is 14.4 Å². The fourth-order valence-electron chi connectivity index (χ4n) is 3.47. The summed E-state index contributed by atoms with van der Waals surface area (Å²) in [4.78, 5) is 41.2. The average molecular weight is 342 g/mol. The van der Waals surface area contributed by atoms with Crippen LogP contribution >= 0.6 is 0 Å². The second-order valence-corrected chi connectivity index (χ2v) is 6.91. The first-order chi connectivity index (χ1) is 11.9. The number of H-pyrrole nitrogens is 1. The highest BCUT2D eigenvalue weighted by Crippen LogP contribution is 2.21. The van der Waals surface area contributed by atoms with Gasteiger partial charge in [-0.2, -0.15) is 0 Å². The van der Waals surface area contributed by atoms with Gasteiger partial charge in [0.05, 0.1) is 0 Å². The fraction of sp³-hybridized carbons (Fsp3) is 0.421. The van der Waals surface area contributed by atoms with Crippen LogP contribution in [0.4, 0.5) is 0 Å². The molecule has 0 radical (unpaired) electrons. The third-order valence-corrected chi connectivity index (χ3v) is 4.51. The van der Waals surface area contributed by atoms with Gasteiger partial charge in [0.25, 0.3) is 5.91 Å². The maximum atomic E-state index is 12.3. The molecule has 25 heavy (non-hydrogen) atoms. The summed E-state index contributed by atoms with van der Waals surface area (Å²) in [6, 6.07) is 8.14. The Hall–Kier alpha value is -2.63. The highest BCUT2D eigenvalue weighted by Gasteiger charge is 2.26. The van der Waals surface area contributed by atoms with Crippen LogP contribution in [0.5, 0.6) is 0 Å². The fourth-order valence-corrected chi connectivity index (χ4v) is 3.47. The Labute approximate surface area is 145 Å². The third-order valence-electron chi connectivity index (χ3n) is 4.51. The minimum Gasteiger partial charge on any atom is -0.451 e. The number of nitrogens with one attached hydrogen (secondary N) is 1. The Bertz CT molecular complexity index is 848. The van der Waals surface area contributed by atoms with Crippen molar-refractivity contribution in [1.29, 1.82) is 0 Å². The van der Waals surface area contributed by atoms with Crippen LogP contribution in [0, 0.1) is 11.8 Å². The minimum absolute atomic E-state index is 0.0527. The van der Waals surface area contributed by atoms with Crippen molar-refractivity contribution in [1.82, 2.24) is 9.88 Å². The van der Waals surface area contributed by atoms with Crippen molar-refractivity contribution in [3.8, 4) is 0 Å². The molecule has 0 aliphatic carbocycles. The molecular weight excluding hydrogens is 320 g/mol. The summed E-state index contributed by atoms with van der Waals surface area (Å²) < 4.78 is 5.12. The predicted molar refractivity (Wildman–Crippen MR) is 94.4 cm³/mol. The van der Waals surface area contributed by atoms with Gasteiger partial charge in [0.1, 0.15) is 5.69 Å². The van der Waals surface area contributed by atoms with Gasteiger partial charge in [0, 0.05) is 30.1 Å². The molecule has 3 rings (SSSR count). The Kier molecular flexibility index (Phi) is 4.88. The van der Waals surface area contributed by atoms with Gasteiger partial charge >= 0.3 is 5.97 Å². The molecule has 0 bridgehead atoms. The predicted octanol–water partition coefficient (Wildman–Crippen LogP) is 2.19. The van der Waals surface area contributed by atoms with Gasteiger partial charge in [-0.1, -0.05) is 26.0 Å². The van der Waals surface area contributed by atoms with Crippen molar-refractivity contribution < 1.29 is 14.3 Å². The number of esters is 1. The molecule has 6 nitrogen and oxygen atoms in total. The van der Waals surface area contributed by atoms with Gasteiger partial charge in [0.2, 0.25) is 0 Å². The van der Waals surface area contributed by atoms with Crippen molar-refractivity contribution >= 4 is 22.8 Å². The number of ether oxygens (including phenoxy) is 1. The molecule has 0 spiro atoms. The van der Waals surface area contributed by atoms with Gasteiger partial charge < -0.3 is 14.6 Å². The summed E-state index contributed by atoms with van der Waals surface area (Å²) in [5, 5.41) is 0.506. The van der Waals surface area contributed by atoms with Crippen LogP contribution in [0.2, 0.25) is 0 Å². The summed E-state index contributed by atoms with van der Waals surface area (Å²) in [5.41, 5.74) is 0.357. The molecule has 1 aromatic heterocycles. The van der Waals surface area contributed by atoms with E-state index in [1.54, 1.807) is 29.2 Å². The van der Waals surface area contributed by atoms with E-state index in [-0.39, 0.29) is 23.6 Å². The van der Waals surface area contributed by atoms with Crippen molar-refractivity contribution in [3.05, 3.63) is 46.2 Å². The number of hydrogen-bond donors (Lipinski definition) is 1. The molecule has 132 valence electrons. The van der Waals surface area contributed by atoms with E-state index in [4.69, 9.17) is 4.74 Å². The number of aromatic nitrogens is 1. The van der Waals surface area contributed by atoms with Crippen LogP contribution in [0.1, 0.15) is 30.8 Å². The van der Waals surface area contributed by atoms with E-state index in [1.165, 1.54) is 6.07 Å². The number of likely N-dealkylation sites (tertiary alicyclic amines) is 1. The lowest BCUT2D eigenvalue weighted by Crippen LogP contribution is -2.44. The smallest absolute Gasteiger partial charge is 0.355 e. The zero-order valence-electron chi connectivity index (χ0n) is 14.5. The number of carbonyl (C=O) groups excluding carboxylic acids is 2. The zero-order chi connectivity index (χ0) is 18.0. The zero-order valence-corrected chi connectivity index (χ0v) is 14.5. The third kappa shape index (κ3) is 3.90. The molecule has 1 fully saturated rings. The van der Waals surface area contributed by atoms with Crippen molar-refractivity contribution in [2.75, 3.05) is 19.7 Å². The van der Waals surface area contributed by atoms with Crippen LogP contribution in [0.15, 0.2) is 35.1 Å². The number of para-hydroxylation sites is 1. The van der Waals surface area contributed by atoms with Crippen LogP contribution in [0.3, 0.4) is 0 Å². The van der Waals surface area contributed by atoms with Gasteiger partial charge in [-0.3, -0.25) is 9.59 Å². The molecule has 1 amide bonds. The molecule has 1 saturated heterocycles. The Morgan fingerprint density at radius 2 is 1.88 bits per heavy atom. The number of carbonyl (C=O) groups is 2. The van der Waals surface area contributed by atoms with Crippen LogP contribution < -0.4 is 5.43 Å². The minimum atomic E-state index is -0.700. The standard InChI is InChI=1S/C19H22N2O4/c1-12-7-13(2)10-21(9-12)18(23)11-25-19(24)16-8-17(22)14-5-3-4-6-15(14)20-16/h3-6,8,12-13H,7,9-11H2,1-2H3,(H,20,22)/t12-,13-/m0/s1. The Morgan fingerprint density at radius 1 is 1.20 bits per heavy atom. The number of fused-ring (bicyclic) bond motifs is 1. The molecule has 1 N–H and O–H groups in total. The number of piperidine rings is 1.